The van der Waals surface area contributed by atoms with Crippen molar-refractivity contribution in [2.75, 3.05) is 12.0 Å². The van der Waals surface area contributed by atoms with Crippen LogP contribution in [0.25, 0.3) is 11.1 Å². The molecule has 6 heteroatoms. The fraction of sp³-hybridized carbons (Fsp3) is 0.379. The minimum Gasteiger partial charge on any atom is -0.480 e. The second-order valence-corrected chi connectivity index (χ2v) is 9.76. The maximum Gasteiger partial charge on any atom is 0.329 e. The van der Waals surface area contributed by atoms with E-state index in [1.54, 1.807) is 23.9 Å². The van der Waals surface area contributed by atoms with Crippen molar-refractivity contribution >= 4 is 23.6 Å². The van der Waals surface area contributed by atoms with E-state index in [0.717, 1.165) is 32.9 Å². The van der Waals surface area contributed by atoms with Crippen molar-refractivity contribution < 1.29 is 19.5 Å². The molecule has 5 nitrogen and oxygen atoms in total. The van der Waals surface area contributed by atoms with Crippen LogP contribution in [0.3, 0.4) is 0 Å². The predicted molar refractivity (Wildman–Crippen MR) is 146 cm³/mol. The van der Waals surface area contributed by atoms with Crippen LogP contribution < -0.4 is 0 Å². The average molecular weight is 496 g/mol. The van der Waals surface area contributed by atoms with Gasteiger partial charge in [0.2, 0.25) is 0 Å². The third-order valence-electron chi connectivity index (χ3n) is 5.90. The number of hydrogen-bond donors (Lipinski definition) is 1. The summed E-state index contributed by atoms with van der Waals surface area (Å²) < 4.78 is 0. The van der Waals surface area contributed by atoms with Crippen LogP contribution in [0.5, 0.6) is 0 Å². The molecule has 0 aliphatic heterocycles. The highest BCUT2D eigenvalue weighted by Gasteiger charge is 2.34. The van der Waals surface area contributed by atoms with Gasteiger partial charge in [0.15, 0.2) is 6.04 Å². The first-order valence-electron chi connectivity index (χ1n) is 11.8. The zero-order valence-electron chi connectivity index (χ0n) is 21.6. The Balaban J connectivity index is 2.60. The van der Waals surface area contributed by atoms with Crippen LogP contribution >= 0.6 is 11.8 Å². The summed E-state index contributed by atoms with van der Waals surface area (Å²) in [5.74, 6) is -0.951. The number of hydrogen-bond acceptors (Lipinski definition) is 4. The number of allylic oxidation sites excluding steroid dienone is 2. The molecule has 1 amide bonds. The molecule has 0 saturated carbocycles. The number of thioether (sulfide) groups is 1. The highest BCUT2D eigenvalue weighted by molar-refractivity contribution is 7.98. The van der Waals surface area contributed by atoms with Gasteiger partial charge in [0.05, 0.1) is 0 Å². The van der Waals surface area contributed by atoms with E-state index in [1.807, 2.05) is 89.4 Å². The second kappa shape index (κ2) is 13.9. The topological polar surface area (TPSA) is 66.8 Å². The van der Waals surface area contributed by atoms with E-state index in [-0.39, 0.29) is 6.42 Å². The first kappa shape index (κ1) is 28.4. The Labute approximate surface area is 213 Å². The third kappa shape index (κ3) is 7.84. The predicted octanol–water partition coefficient (Wildman–Crippen LogP) is 6.93. The molecule has 2 rings (SSSR count). The number of carbonyl (C=O) groups is 2. The number of aryl methyl sites for hydroxylation is 1. The van der Waals surface area contributed by atoms with E-state index in [1.165, 1.54) is 0 Å². The average Bonchev–Trinajstić information content (AvgIpc) is 2.84. The number of amides is 1. The van der Waals surface area contributed by atoms with Crippen LogP contribution in [-0.4, -0.2) is 46.2 Å². The lowest BCUT2D eigenvalue weighted by molar-refractivity contribution is -0.190. The zero-order valence-corrected chi connectivity index (χ0v) is 22.4. The van der Waals surface area contributed by atoms with Gasteiger partial charge in [0.1, 0.15) is 6.10 Å². The van der Waals surface area contributed by atoms with Crippen LogP contribution in [0.4, 0.5) is 0 Å². The lowest BCUT2D eigenvalue weighted by Gasteiger charge is -2.32. The Morgan fingerprint density at radius 2 is 1.69 bits per heavy atom. The number of carboxylic acids is 1. The number of rotatable bonds is 12. The molecule has 1 unspecified atom stereocenters. The molecule has 1 N–H and O–H groups in total. The lowest BCUT2D eigenvalue weighted by atomic mass is 9.95. The Morgan fingerprint density at radius 3 is 2.26 bits per heavy atom. The summed E-state index contributed by atoms with van der Waals surface area (Å²) in [4.78, 5) is 32.7. The normalized spacial score (nSPS) is 13.1. The van der Waals surface area contributed by atoms with Crippen LogP contribution in [0.2, 0.25) is 0 Å². The Kier molecular flexibility index (Phi) is 11.3. The first-order valence-corrected chi connectivity index (χ1v) is 13.2. The van der Waals surface area contributed by atoms with Crippen molar-refractivity contribution in [1.29, 1.82) is 0 Å². The van der Waals surface area contributed by atoms with Gasteiger partial charge in [-0.3, -0.25) is 9.63 Å². The lowest BCUT2D eigenvalue weighted by Crippen LogP contribution is -2.47. The molecule has 2 aromatic carbocycles. The molecule has 0 aromatic heterocycles. The van der Waals surface area contributed by atoms with Gasteiger partial charge in [-0.25, -0.2) is 9.86 Å². The van der Waals surface area contributed by atoms with E-state index in [0.29, 0.717) is 17.7 Å². The molecular weight excluding hydrogens is 458 g/mol. The molecule has 35 heavy (non-hydrogen) atoms. The molecule has 0 heterocycles. The van der Waals surface area contributed by atoms with E-state index < -0.39 is 24.0 Å². The minimum atomic E-state index is -1.11. The van der Waals surface area contributed by atoms with Gasteiger partial charge in [-0.2, -0.15) is 11.8 Å². The van der Waals surface area contributed by atoms with Gasteiger partial charge in [-0.05, 0) is 87.8 Å². The van der Waals surface area contributed by atoms with Gasteiger partial charge >= 0.3 is 5.97 Å². The van der Waals surface area contributed by atoms with Gasteiger partial charge in [0.25, 0.3) is 5.91 Å². The molecule has 0 spiro atoms. The van der Waals surface area contributed by atoms with Crippen LogP contribution in [-0.2, 0) is 9.63 Å². The molecule has 0 fully saturated rings. The maximum absolute atomic E-state index is 14.0. The smallest absolute Gasteiger partial charge is 0.329 e. The summed E-state index contributed by atoms with van der Waals surface area (Å²) in [6.07, 6.45) is 6.25. The van der Waals surface area contributed by atoms with Crippen LogP contribution in [0.1, 0.15) is 56.5 Å². The SMILES string of the molecule is C/C=C(\C)C(CC=C(C)C)ON(C(=O)c1ccccc1-c1ccccc1C)[C@@H](CCSC)C(=O)O. The molecule has 2 atom stereocenters. The Morgan fingerprint density at radius 1 is 1.06 bits per heavy atom. The number of carbonyl (C=O) groups excluding carboxylic acids is 1. The largest absolute Gasteiger partial charge is 0.480 e. The summed E-state index contributed by atoms with van der Waals surface area (Å²) in [6.45, 7) is 9.85. The van der Waals surface area contributed by atoms with Crippen molar-refractivity contribution in [3.63, 3.8) is 0 Å². The van der Waals surface area contributed by atoms with E-state index in [9.17, 15) is 14.7 Å². The maximum atomic E-state index is 14.0. The van der Waals surface area contributed by atoms with Gasteiger partial charge in [0, 0.05) is 5.56 Å². The monoisotopic (exact) mass is 495 g/mol. The van der Waals surface area contributed by atoms with E-state index >= 15 is 0 Å². The molecule has 0 radical (unpaired) electrons. The summed E-state index contributed by atoms with van der Waals surface area (Å²) in [5.41, 5.74) is 5.18. The molecule has 0 aliphatic rings. The van der Waals surface area contributed by atoms with Gasteiger partial charge in [-0.15, -0.1) is 0 Å². The first-order chi connectivity index (χ1) is 16.7. The number of nitrogens with zero attached hydrogens (tertiary/aromatic N) is 1. The van der Waals surface area contributed by atoms with E-state index in [2.05, 4.69) is 0 Å². The fourth-order valence-electron chi connectivity index (χ4n) is 3.71. The standard InChI is InChI=1S/C29H37NO4S/c1-7-21(4)27(17-16-20(2)3)34-30(26(29(32)33)18-19-35-6)28(31)25-15-11-10-14-24(25)23-13-9-8-12-22(23)5/h7-16,26-27H,17-19H2,1-6H3,(H,32,33)/b21-7+/t26-,27?/m0/s1. The van der Waals surface area contributed by atoms with E-state index in [4.69, 9.17) is 4.84 Å². The van der Waals surface area contributed by atoms with Crippen molar-refractivity contribution in [2.45, 2.75) is 59.6 Å². The number of benzene rings is 2. The molecule has 0 bridgehead atoms. The highest BCUT2D eigenvalue weighted by atomic mass is 32.2. The zero-order chi connectivity index (χ0) is 26.0. The summed E-state index contributed by atoms with van der Waals surface area (Å²) in [6, 6.07) is 14.0. The van der Waals surface area contributed by atoms with Crippen LogP contribution in [0.15, 0.2) is 71.8 Å². The molecule has 188 valence electrons. The summed E-state index contributed by atoms with van der Waals surface area (Å²) in [7, 11) is 0. The minimum absolute atomic E-state index is 0.277. The molecular formula is C29H37NO4S. The fourth-order valence-corrected chi connectivity index (χ4v) is 4.17. The van der Waals surface area contributed by atoms with Crippen molar-refractivity contribution in [3.8, 4) is 11.1 Å². The Hall–Kier alpha value is -2.83. The second-order valence-electron chi connectivity index (χ2n) is 8.77. The highest BCUT2D eigenvalue weighted by Crippen LogP contribution is 2.29. The van der Waals surface area contributed by atoms with Gasteiger partial charge < -0.3 is 5.11 Å². The summed E-state index contributed by atoms with van der Waals surface area (Å²) >= 11 is 1.54. The Bertz CT molecular complexity index is 1070. The molecule has 0 saturated heterocycles. The van der Waals surface area contributed by atoms with Crippen molar-refractivity contribution in [1.82, 2.24) is 5.06 Å². The molecule has 2 aromatic rings. The quantitative estimate of drug-likeness (QED) is 0.255. The number of aliphatic carboxylic acids is 1. The van der Waals surface area contributed by atoms with Crippen molar-refractivity contribution in [3.05, 3.63) is 83.0 Å². The summed E-state index contributed by atoms with van der Waals surface area (Å²) in [5, 5.41) is 11.2. The third-order valence-corrected chi connectivity index (χ3v) is 6.54. The molecule has 0 aliphatic carbocycles. The number of carboxylic acid groups (broad SMARTS) is 1. The van der Waals surface area contributed by atoms with Crippen LogP contribution in [0, 0.1) is 6.92 Å². The van der Waals surface area contributed by atoms with Gasteiger partial charge in [-0.1, -0.05) is 60.2 Å². The number of hydroxylamine groups is 2. The van der Waals surface area contributed by atoms with Crippen molar-refractivity contribution in [2.24, 2.45) is 0 Å².